The fourth-order valence-corrected chi connectivity index (χ4v) is 3.82. The first-order valence-electron chi connectivity index (χ1n) is 7.24. The first-order chi connectivity index (χ1) is 9.28. The summed E-state index contributed by atoms with van der Waals surface area (Å²) in [6, 6.07) is 5.69. The van der Waals surface area contributed by atoms with E-state index in [2.05, 4.69) is 20.8 Å². The summed E-state index contributed by atoms with van der Waals surface area (Å²) < 4.78 is 10.6. The van der Waals surface area contributed by atoms with Gasteiger partial charge in [-0.3, -0.25) is 0 Å². The highest BCUT2D eigenvalue weighted by molar-refractivity contribution is 5.41. The normalized spacial score (nSPS) is 29.0. The molecule has 1 aliphatic rings. The molecule has 1 aromatic rings. The zero-order valence-electron chi connectivity index (χ0n) is 13.2. The van der Waals surface area contributed by atoms with Gasteiger partial charge in [-0.25, -0.2) is 0 Å². The molecule has 3 nitrogen and oxygen atoms in total. The van der Waals surface area contributed by atoms with E-state index < -0.39 is 5.60 Å². The van der Waals surface area contributed by atoms with Crippen molar-refractivity contribution in [3.8, 4) is 11.5 Å². The molecule has 1 saturated carbocycles. The lowest BCUT2D eigenvalue weighted by molar-refractivity contribution is -0.0637. The van der Waals surface area contributed by atoms with Crippen LogP contribution >= 0.6 is 0 Å². The van der Waals surface area contributed by atoms with Gasteiger partial charge in [-0.15, -0.1) is 0 Å². The fraction of sp³-hybridized carbons (Fsp3) is 0.647. The molecule has 3 heteroatoms. The Morgan fingerprint density at radius 3 is 2.05 bits per heavy atom. The minimum absolute atomic E-state index is 0.142. The van der Waals surface area contributed by atoms with Crippen molar-refractivity contribution in [2.75, 3.05) is 14.2 Å². The second-order valence-corrected chi connectivity index (χ2v) is 6.99. The Hall–Kier alpha value is -1.22. The molecule has 0 heterocycles. The average molecular weight is 278 g/mol. The van der Waals surface area contributed by atoms with Gasteiger partial charge in [0.15, 0.2) is 0 Å². The third-order valence-electron chi connectivity index (χ3n) is 4.25. The molecule has 0 aliphatic heterocycles. The number of ether oxygens (including phenoxy) is 2. The number of methoxy groups -OCH3 is 2. The van der Waals surface area contributed by atoms with E-state index in [0.717, 1.165) is 36.3 Å². The second-order valence-electron chi connectivity index (χ2n) is 6.99. The summed E-state index contributed by atoms with van der Waals surface area (Å²) >= 11 is 0. The minimum Gasteiger partial charge on any atom is -0.497 e. The van der Waals surface area contributed by atoms with Gasteiger partial charge in [0.1, 0.15) is 11.5 Å². The van der Waals surface area contributed by atoms with Gasteiger partial charge < -0.3 is 14.6 Å². The number of hydrogen-bond acceptors (Lipinski definition) is 3. The summed E-state index contributed by atoms with van der Waals surface area (Å²) in [7, 11) is 3.27. The lowest BCUT2D eigenvalue weighted by atomic mass is 9.64. The van der Waals surface area contributed by atoms with Crippen LogP contribution in [0, 0.1) is 11.3 Å². The maximum Gasteiger partial charge on any atom is 0.122 e. The number of benzene rings is 1. The van der Waals surface area contributed by atoms with Crippen molar-refractivity contribution in [1.82, 2.24) is 0 Å². The smallest absolute Gasteiger partial charge is 0.122 e. The van der Waals surface area contributed by atoms with Crippen LogP contribution in [0.5, 0.6) is 11.5 Å². The Morgan fingerprint density at radius 2 is 1.60 bits per heavy atom. The highest BCUT2D eigenvalue weighted by Crippen LogP contribution is 2.49. The number of rotatable bonds is 3. The van der Waals surface area contributed by atoms with E-state index in [0.29, 0.717) is 5.92 Å². The van der Waals surface area contributed by atoms with Gasteiger partial charge in [0.05, 0.1) is 19.8 Å². The highest BCUT2D eigenvalue weighted by Gasteiger charge is 2.43. The molecule has 0 saturated heterocycles. The fourth-order valence-electron chi connectivity index (χ4n) is 3.82. The van der Waals surface area contributed by atoms with Crippen molar-refractivity contribution in [1.29, 1.82) is 0 Å². The molecular weight excluding hydrogens is 252 g/mol. The van der Waals surface area contributed by atoms with E-state index in [1.807, 2.05) is 18.2 Å². The van der Waals surface area contributed by atoms with Crippen molar-refractivity contribution in [3.05, 3.63) is 23.8 Å². The zero-order chi connectivity index (χ0) is 15.0. The molecule has 112 valence electrons. The molecular formula is C17H26O3. The maximum absolute atomic E-state index is 11.2. The summed E-state index contributed by atoms with van der Waals surface area (Å²) in [6.07, 6.45) is 2.70. The largest absolute Gasteiger partial charge is 0.497 e. The summed E-state index contributed by atoms with van der Waals surface area (Å²) in [4.78, 5) is 0. The van der Waals surface area contributed by atoms with Crippen molar-refractivity contribution in [2.45, 2.75) is 45.6 Å². The lowest BCUT2D eigenvalue weighted by Gasteiger charge is -2.45. The summed E-state index contributed by atoms with van der Waals surface area (Å²) in [6.45, 7) is 6.67. The van der Waals surface area contributed by atoms with Crippen LogP contribution in [0.15, 0.2) is 18.2 Å². The van der Waals surface area contributed by atoms with Crippen LogP contribution in [0.4, 0.5) is 0 Å². The van der Waals surface area contributed by atoms with Crippen molar-refractivity contribution < 1.29 is 14.6 Å². The Balaban J connectivity index is 2.42. The first kappa shape index (κ1) is 15.2. The molecule has 0 radical (unpaired) electrons. The van der Waals surface area contributed by atoms with Crippen molar-refractivity contribution in [2.24, 2.45) is 11.3 Å². The summed E-state index contributed by atoms with van der Waals surface area (Å²) in [5.74, 6) is 1.95. The van der Waals surface area contributed by atoms with E-state index in [-0.39, 0.29) is 5.41 Å². The van der Waals surface area contributed by atoms with E-state index >= 15 is 0 Å². The highest BCUT2D eigenvalue weighted by atomic mass is 16.5. The van der Waals surface area contributed by atoms with E-state index in [1.165, 1.54) is 0 Å². The van der Waals surface area contributed by atoms with Gasteiger partial charge in [-0.05, 0) is 48.3 Å². The topological polar surface area (TPSA) is 38.7 Å². The monoisotopic (exact) mass is 278 g/mol. The quantitative estimate of drug-likeness (QED) is 0.915. The Labute approximate surface area is 121 Å². The molecule has 0 amide bonds. The van der Waals surface area contributed by atoms with Gasteiger partial charge in [0, 0.05) is 6.07 Å². The van der Waals surface area contributed by atoms with Gasteiger partial charge in [0.2, 0.25) is 0 Å². The summed E-state index contributed by atoms with van der Waals surface area (Å²) in [5.41, 5.74) is 0.236. The van der Waals surface area contributed by atoms with Gasteiger partial charge >= 0.3 is 0 Å². The van der Waals surface area contributed by atoms with E-state index in [9.17, 15) is 5.11 Å². The number of aliphatic hydroxyl groups is 1. The van der Waals surface area contributed by atoms with Gasteiger partial charge in [-0.2, -0.15) is 0 Å². The first-order valence-corrected chi connectivity index (χ1v) is 7.24. The van der Waals surface area contributed by atoms with Crippen LogP contribution in [0.25, 0.3) is 0 Å². The van der Waals surface area contributed by atoms with Crippen LogP contribution in [0.3, 0.4) is 0 Å². The SMILES string of the molecule is COc1cc(OC)cc(C2(O)CC(C)CC(C)(C)C2)c1. The molecule has 1 aromatic carbocycles. The molecule has 0 aromatic heterocycles. The van der Waals surface area contributed by atoms with Crippen molar-refractivity contribution in [3.63, 3.8) is 0 Å². The molecule has 2 unspecified atom stereocenters. The third-order valence-corrected chi connectivity index (χ3v) is 4.25. The molecule has 1 aliphatic carbocycles. The van der Waals surface area contributed by atoms with Gasteiger partial charge in [-0.1, -0.05) is 20.8 Å². The molecule has 0 bridgehead atoms. The maximum atomic E-state index is 11.2. The Kier molecular flexibility index (Phi) is 4.01. The molecule has 0 spiro atoms. The van der Waals surface area contributed by atoms with Crippen LogP contribution in [0.1, 0.15) is 45.6 Å². The van der Waals surface area contributed by atoms with Crippen LogP contribution in [0.2, 0.25) is 0 Å². The molecule has 2 rings (SSSR count). The number of hydrogen-bond donors (Lipinski definition) is 1. The zero-order valence-corrected chi connectivity index (χ0v) is 13.2. The van der Waals surface area contributed by atoms with Crippen LogP contribution in [-0.4, -0.2) is 19.3 Å². The van der Waals surface area contributed by atoms with Gasteiger partial charge in [0.25, 0.3) is 0 Å². The molecule has 20 heavy (non-hydrogen) atoms. The molecule has 2 atom stereocenters. The summed E-state index contributed by atoms with van der Waals surface area (Å²) in [5, 5.41) is 11.2. The third kappa shape index (κ3) is 3.09. The van der Waals surface area contributed by atoms with Crippen molar-refractivity contribution >= 4 is 0 Å². The van der Waals surface area contributed by atoms with Crippen LogP contribution in [-0.2, 0) is 5.60 Å². The lowest BCUT2D eigenvalue weighted by Crippen LogP contribution is -2.40. The molecule has 1 N–H and O–H groups in total. The predicted molar refractivity (Wildman–Crippen MR) is 80.2 cm³/mol. The predicted octanol–water partition coefficient (Wildman–Crippen LogP) is 3.74. The Morgan fingerprint density at radius 1 is 1.05 bits per heavy atom. The average Bonchev–Trinajstić information content (AvgIpc) is 2.35. The standard InChI is InChI=1S/C17H26O3/c1-12-9-16(2,3)11-17(18,10-12)13-6-14(19-4)8-15(7-13)20-5/h6-8,12,18H,9-11H2,1-5H3. The van der Waals surface area contributed by atoms with E-state index in [4.69, 9.17) is 9.47 Å². The minimum atomic E-state index is -0.803. The van der Waals surface area contributed by atoms with Crippen LogP contribution < -0.4 is 9.47 Å². The Bertz CT molecular complexity index is 459. The second kappa shape index (κ2) is 5.28. The van der Waals surface area contributed by atoms with E-state index in [1.54, 1.807) is 14.2 Å². The molecule has 1 fully saturated rings.